The molecule has 2 unspecified atom stereocenters. The SMILES string of the molecule is CC1CCOC2Cn3cc(C(=O)NCc4ccccc4F)c(=O)c(O)c3C(=O)N12. The zero-order valence-electron chi connectivity index (χ0n) is 15.7. The Balaban J connectivity index is 1.64. The van der Waals surface area contributed by atoms with Crippen LogP contribution in [-0.4, -0.2) is 45.3 Å². The predicted molar refractivity (Wildman–Crippen MR) is 99.9 cm³/mol. The first-order valence-electron chi connectivity index (χ1n) is 9.30. The van der Waals surface area contributed by atoms with Crippen LogP contribution < -0.4 is 10.7 Å². The summed E-state index contributed by atoms with van der Waals surface area (Å²) in [6.07, 6.45) is 1.37. The molecule has 0 spiro atoms. The highest BCUT2D eigenvalue weighted by atomic mass is 19.1. The summed E-state index contributed by atoms with van der Waals surface area (Å²) in [5.74, 6) is -2.53. The van der Waals surface area contributed by atoms with Gasteiger partial charge in [0.2, 0.25) is 5.43 Å². The molecule has 2 N–H and O–H groups in total. The molecule has 8 nitrogen and oxygen atoms in total. The van der Waals surface area contributed by atoms with Crippen molar-refractivity contribution in [1.29, 1.82) is 0 Å². The van der Waals surface area contributed by atoms with Crippen LogP contribution in [0.2, 0.25) is 0 Å². The Hall–Kier alpha value is -3.20. The molecule has 2 aliphatic rings. The molecule has 1 fully saturated rings. The summed E-state index contributed by atoms with van der Waals surface area (Å²) in [4.78, 5) is 39.4. The Morgan fingerprint density at radius 3 is 2.86 bits per heavy atom. The highest BCUT2D eigenvalue weighted by Crippen LogP contribution is 2.29. The largest absolute Gasteiger partial charge is 0.503 e. The molecule has 2 aromatic rings. The van der Waals surface area contributed by atoms with Crippen molar-refractivity contribution in [3.8, 4) is 5.75 Å². The minimum absolute atomic E-state index is 0.0896. The number of hydrogen-bond acceptors (Lipinski definition) is 5. The van der Waals surface area contributed by atoms with Crippen LogP contribution in [0.15, 0.2) is 35.3 Å². The number of hydrogen-bond donors (Lipinski definition) is 2. The summed E-state index contributed by atoms with van der Waals surface area (Å²) in [5.41, 5.74) is -1.17. The van der Waals surface area contributed by atoms with Crippen LogP contribution in [0, 0.1) is 5.82 Å². The predicted octanol–water partition coefficient (Wildman–Crippen LogP) is 1.21. The molecule has 2 aliphatic heterocycles. The number of halogens is 1. The standard InChI is InChI=1S/C20H20FN3O5/c1-11-6-7-29-15-10-23-9-13(17(25)18(26)16(23)20(28)24(11)15)19(27)22-8-12-4-2-3-5-14(12)21/h2-5,9,11,15,26H,6-8,10H2,1H3,(H,22,27). The molecule has 9 heteroatoms. The molecule has 0 aliphatic carbocycles. The lowest BCUT2D eigenvalue weighted by Crippen LogP contribution is -2.57. The van der Waals surface area contributed by atoms with E-state index in [1.165, 1.54) is 33.9 Å². The summed E-state index contributed by atoms with van der Waals surface area (Å²) in [7, 11) is 0. The van der Waals surface area contributed by atoms with Gasteiger partial charge in [-0.05, 0) is 19.4 Å². The summed E-state index contributed by atoms with van der Waals surface area (Å²) in [5, 5.41) is 12.9. The Morgan fingerprint density at radius 1 is 1.34 bits per heavy atom. The average molecular weight is 401 g/mol. The fourth-order valence-corrected chi connectivity index (χ4v) is 3.73. The number of rotatable bonds is 3. The molecule has 1 saturated heterocycles. The van der Waals surface area contributed by atoms with Crippen LogP contribution in [0.3, 0.4) is 0 Å². The molecule has 2 amide bonds. The van der Waals surface area contributed by atoms with E-state index < -0.39 is 35.0 Å². The van der Waals surface area contributed by atoms with Gasteiger partial charge in [0.15, 0.2) is 17.7 Å². The molecule has 152 valence electrons. The molecule has 0 bridgehead atoms. The van der Waals surface area contributed by atoms with Crippen LogP contribution in [0.25, 0.3) is 0 Å². The van der Waals surface area contributed by atoms with Crippen LogP contribution in [0.5, 0.6) is 5.75 Å². The van der Waals surface area contributed by atoms with Crippen molar-refractivity contribution >= 4 is 11.8 Å². The second kappa shape index (κ2) is 7.32. The molecule has 0 saturated carbocycles. The zero-order chi connectivity index (χ0) is 20.7. The van der Waals surface area contributed by atoms with Crippen molar-refractivity contribution in [1.82, 2.24) is 14.8 Å². The van der Waals surface area contributed by atoms with Gasteiger partial charge in [-0.25, -0.2) is 4.39 Å². The minimum Gasteiger partial charge on any atom is -0.503 e. The first kappa shape index (κ1) is 19.1. The maximum absolute atomic E-state index is 13.7. The quantitative estimate of drug-likeness (QED) is 0.805. The fraction of sp³-hybridized carbons (Fsp3) is 0.350. The van der Waals surface area contributed by atoms with Gasteiger partial charge in [0, 0.05) is 24.3 Å². The van der Waals surface area contributed by atoms with Gasteiger partial charge in [0.05, 0.1) is 13.2 Å². The van der Waals surface area contributed by atoms with E-state index in [4.69, 9.17) is 4.74 Å². The van der Waals surface area contributed by atoms with E-state index in [0.717, 1.165) is 0 Å². The maximum Gasteiger partial charge on any atom is 0.276 e. The zero-order valence-corrected chi connectivity index (χ0v) is 15.7. The van der Waals surface area contributed by atoms with Gasteiger partial charge in [-0.15, -0.1) is 0 Å². The van der Waals surface area contributed by atoms with Crippen LogP contribution >= 0.6 is 0 Å². The molecule has 3 heterocycles. The van der Waals surface area contributed by atoms with Gasteiger partial charge < -0.3 is 24.6 Å². The van der Waals surface area contributed by atoms with E-state index in [-0.39, 0.29) is 36.0 Å². The van der Waals surface area contributed by atoms with E-state index in [1.54, 1.807) is 6.07 Å². The lowest BCUT2D eigenvalue weighted by atomic mass is 10.1. The number of nitrogens with one attached hydrogen (secondary N) is 1. The first-order valence-corrected chi connectivity index (χ1v) is 9.30. The lowest BCUT2D eigenvalue weighted by Gasteiger charge is -2.44. The Kier molecular flexibility index (Phi) is 4.83. The number of nitrogens with zero attached hydrogens (tertiary/aromatic N) is 2. The van der Waals surface area contributed by atoms with Gasteiger partial charge >= 0.3 is 0 Å². The number of carbonyl (C=O) groups is 2. The van der Waals surface area contributed by atoms with Gasteiger partial charge in [-0.2, -0.15) is 0 Å². The molecule has 0 radical (unpaired) electrons. The third-order valence-electron chi connectivity index (χ3n) is 5.32. The summed E-state index contributed by atoms with van der Waals surface area (Å²) < 4.78 is 20.8. The molecule has 29 heavy (non-hydrogen) atoms. The minimum atomic E-state index is -0.945. The van der Waals surface area contributed by atoms with Crippen molar-refractivity contribution in [2.45, 2.75) is 38.7 Å². The second-order valence-electron chi connectivity index (χ2n) is 7.17. The fourth-order valence-electron chi connectivity index (χ4n) is 3.73. The average Bonchev–Trinajstić information content (AvgIpc) is 2.69. The van der Waals surface area contributed by atoms with Gasteiger partial charge in [-0.1, -0.05) is 18.2 Å². The number of benzene rings is 1. The van der Waals surface area contributed by atoms with Gasteiger partial charge in [0.25, 0.3) is 11.8 Å². The van der Waals surface area contributed by atoms with E-state index in [2.05, 4.69) is 5.32 Å². The third kappa shape index (κ3) is 3.27. The number of fused-ring (bicyclic) bond motifs is 2. The van der Waals surface area contributed by atoms with E-state index >= 15 is 0 Å². The molecule has 2 atom stereocenters. The van der Waals surface area contributed by atoms with E-state index in [1.807, 2.05) is 6.92 Å². The summed E-state index contributed by atoms with van der Waals surface area (Å²) in [6.45, 7) is 2.44. The number of amides is 2. The third-order valence-corrected chi connectivity index (χ3v) is 5.32. The van der Waals surface area contributed by atoms with Crippen molar-refractivity contribution in [2.24, 2.45) is 0 Å². The lowest BCUT2D eigenvalue weighted by molar-refractivity contribution is -0.112. The molecule has 1 aromatic carbocycles. The smallest absolute Gasteiger partial charge is 0.276 e. The normalized spacial score (nSPS) is 20.8. The molecular formula is C20H20FN3O5. The molecule has 4 rings (SSSR count). The molecule has 1 aromatic heterocycles. The highest BCUT2D eigenvalue weighted by molar-refractivity contribution is 5.99. The second-order valence-corrected chi connectivity index (χ2v) is 7.17. The van der Waals surface area contributed by atoms with Crippen molar-refractivity contribution < 1.29 is 23.8 Å². The highest BCUT2D eigenvalue weighted by Gasteiger charge is 2.41. The number of aromatic hydroxyl groups is 1. The summed E-state index contributed by atoms with van der Waals surface area (Å²) in [6, 6.07) is 5.86. The Bertz CT molecular complexity index is 1050. The van der Waals surface area contributed by atoms with Gasteiger partial charge in [-0.3, -0.25) is 14.4 Å². The number of carbonyl (C=O) groups excluding carboxylic acids is 2. The Labute approximate surface area is 165 Å². The molecular weight excluding hydrogens is 381 g/mol. The van der Waals surface area contributed by atoms with Crippen molar-refractivity contribution in [3.05, 3.63) is 63.3 Å². The topological polar surface area (TPSA) is 101 Å². The monoisotopic (exact) mass is 401 g/mol. The van der Waals surface area contributed by atoms with Crippen LogP contribution in [0.1, 0.15) is 39.8 Å². The maximum atomic E-state index is 13.7. The van der Waals surface area contributed by atoms with Crippen molar-refractivity contribution in [3.63, 3.8) is 0 Å². The number of ether oxygens (including phenoxy) is 1. The van der Waals surface area contributed by atoms with E-state index in [0.29, 0.717) is 13.0 Å². The van der Waals surface area contributed by atoms with Crippen LogP contribution in [0.4, 0.5) is 4.39 Å². The van der Waals surface area contributed by atoms with Crippen LogP contribution in [-0.2, 0) is 17.8 Å². The van der Waals surface area contributed by atoms with Gasteiger partial charge in [0.1, 0.15) is 11.4 Å². The van der Waals surface area contributed by atoms with Crippen molar-refractivity contribution in [2.75, 3.05) is 6.61 Å². The number of aromatic nitrogens is 1. The first-order chi connectivity index (χ1) is 13.9. The van der Waals surface area contributed by atoms with E-state index in [9.17, 15) is 23.9 Å². The Morgan fingerprint density at radius 2 is 2.10 bits per heavy atom. The number of pyridine rings is 1. The summed E-state index contributed by atoms with van der Waals surface area (Å²) >= 11 is 0.